The number of aliphatic imine (C=N–C) groups is 1. The highest BCUT2D eigenvalue weighted by molar-refractivity contribution is 6.32. The van der Waals surface area contributed by atoms with Gasteiger partial charge >= 0.3 is 5.97 Å². The van der Waals surface area contributed by atoms with Crippen LogP contribution in [0.2, 0.25) is 5.02 Å². The Balaban J connectivity index is 2.17. The molecule has 1 aliphatic rings. The summed E-state index contributed by atoms with van der Waals surface area (Å²) in [6, 6.07) is 14.7. The van der Waals surface area contributed by atoms with E-state index in [1.807, 2.05) is 42.5 Å². The van der Waals surface area contributed by atoms with Gasteiger partial charge in [-0.15, -0.1) is 0 Å². The Hall–Kier alpha value is -2.66. The number of nitrogens with zero attached hydrogens (tertiary/aromatic N) is 2. The molecule has 158 valence electrons. The van der Waals surface area contributed by atoms with Crippen molar-refractivity contribution in [1.82, 2.24) is 0 Å². The summed E-state index contributed by atoms with van der Waals surface area (Å²) in [5.74, 6) is -0.849. The molecular weight excluding hydrogens is 400 g/mol. The van der Waals surface area contributed by atoms with Crippen LogP contribution in [0.4, 0.5) is 5.69 Å². The largest absolute Gasteiger partial charge is 0.481 e. The molecule has 30 heavy (non-hydrogen) atoms. The van der Waals surface area contributed by atoms with Crippen molar-refractivity contribution in [2.24, 2.45) is 10.9 Å². The predicted octanol–water partition coefficient (Wildman–Crippen LogP) is 5.19. The third kappa shape index (κ3) is 4.73. The SMILES string of the molecule is CCC(CC)[C@@H]1N=C(c2ccccc2)c2cc(Cl)ccc2N(CCCC(=O)O)C1=O. The maximum absolute atomic E-state index is 13.6. The highest BCUT2D eigenvalue weighted by Crippen LogP contribution is 2.33. The van der Waals surface area contributed by atoms with Crippen molar-refractivity contribution in [2.45, 2.75) is 45.6 Å². The highest BCUT2D eigenvalue weighted by Gasteiger charge is 2.35. The van der Waals surface area contributed by atoms with Crippen molar-refractivity contribution in [1.29, 1.82) is 0 Å². The van der Waals surface area contributed by atoms with E-state index in [2.05, 4.69) is 13.8 Å². The second-order valence-corrected chi connectivity index (χ2v) is 7.95. The van der Waals surface area contributed by atoms with E-state index in [0.717, 1.165) is 35.4 Å². The van der Waals surface area contributed by atoms with Crippen LogP contribution in [0.5, 0.6) is 0 Å². The number of amides is 1. The fraction of sp³-hybridized carbons (Fsp3) is 0.375. The summed E-state index contributed by atoms with van der Waals surface area (Å²) in [6.45, 7) is 4.47. The minimum absolute atomic E-state index is 0.00868. The normalized spacial score (nSPS) is 16.3. The first-order valence-corrected chi connectivity index (χ1v) is 10.8. The fourth-order valence-electron chi connectivity index (χ4n) is 3.96. The lowest BCUT2D eigenvalue weighted by atomic mass is 9.93. The van der Waals surface area contributed by atoms with Crippen LogP contribution < -0.4 is 4.90 Å². The van der Waals surface area contributed by atoms with Gasteiger partial charge in [-0.1, -0.05) is 68.6 Å². The summed E-state index contributed by atoms with van der Waals surface area (Å²) in [6.07, 6.45) is 2.05. The molecule has 0 saturated carbocycles. The third-order valence-corrected chi connectivity index (χ3v) is 5.84. The Kier molecular flexibility index (Phi) is 7.27. The topological polar surface area (TPSA) is 70.0 Å². The summed E-state index contributed by atoms with van der Waals surface area (Å²) in [5, 5.41) is 9.63. The minimum Gasteiger partial charge on any atom is -0.481 e. The van der Waals surface area contributed by atoms with Crippen LogP contribution in [-0.2, 0) is 9.59 Å². The van der Waals surface area contributed by atoms with Crippen LogP contribution in [0.1, 0.15) is 50.7 Å². The molecule has 1 N–H and O–H groups in total. The lowest BCUT2D eigenvalue weighted by Crippen LogP contribution is -2.42. The number of carbonyl (C=O) groups is 2. The number of hydrogen-bond acceptors (Lipinski definition) is 3. The van der Waals surface area contributed by atoms with Crippen molar-refractivity contribution in [3.05, 3.63) is 64.7 Å². The Labute approximate surface area is 182 Å². The predicted molar refractivity (Wildman–Crippen MR) is 121 cm³/mol. The number of rotatable bonds is 8. The number of halogens is 1. The van der Waals surface area contributed by atoms with Gasteiger partial charge in [-0.3, -0.25) is 14.6 Å². The van der Waals surface area contributed by atoms with Crippen molar-refractivity contribution < 1.29 is 14.7 Å². The summed E-state index contributed by atoms with van der Waals surface area (Å²) in [4.78, 5) is 31.4. The molecule has 1 atom stereocenters. The van der Waals surface area contributed by atoms with Gasteiger partial charge in [0.15, 0.2) is 0 Å². The van der Waals surface area contributed by atoms with Gasteiger partial charge in [0.1, 0.15) is 6.04 Å². The average Bonchev–Trinajstić information content (AvgIpc) is 2.85. The van der Waals surface area contributed by atoms with Gasteiger partial charge in [0.2, 0.25) is 0 Å². The van der Waals surface area contributed by atoms with E-state index >= 15 is 0 Å². The second kappa shape index (κ2) is 9.90. The first kappa shape index (κ1) is 22.0. The van der Waals surface area contributed by atoms with Gasteiger partial charge in [-0.05, 0) is 30.5 Å². The molecule has 0 aliphatic carbocycles. The van der Waals surface area contributed by atoms with Gasteiger partial charge in [-0.2, -0.15) is 0 Å². The molecule has 6 heteroatoms. The molecule has 0 spiro atoms. The second-order valence-electron chi connectivity index (χ2n) is 7.51. The zero-order valence-electron chi connectivity index (χ0n) is 17.3. The summed E-state index contributed by atoms with van der Waals surface area (Å²) in [5.41, 5.74) is 3.20. The molecule has 2 aromatic rings. The first-order valence-electron chi connectivity index (χ1n) is 10.4. The van der Waals surface area contributed by atoms with Crippen molar-refractivity contribution in [2.75, 3.05) is 11.4 Å². The van der Waals surface area contributed by atoms with E-state index < -0.39 is 12.0 Å². The van der Waals surface area contributed by atoms with Gasteiger partial charge in [0.25, 0.3) is 5.91 Å². The van der Waals surface area contributed by atoms with Crippen LogP contribution >= 0.6 is 11.6 Å². The number of fused-ring (bicyclic) bond motifs is 1. The van der Waals surface area contributed by atoms with Crippen LogP contribution in [0.3, 0.4) is 0 Å². The first-order chi connectivity index (χ1) is 14.5. The number of hydrogen-bond donors (Lipinski definition) is 1. The third-order valence-electron chi connectivity index (χ3n) is 5.61. The highest BCUT2D eigenvalue weighted by atomic mass is 35.5. The number of benzodiazepines with no additional fused rings is 1. The van der Waals surface area contributed by atoms with Gasteiger partial charge < -0.3 is 10.0 Å². The van der Waals surface area contributed by atoms with Crippen molar-refractivity contribution in [3.8, 4) is 0 Å². The molecule has 1 aliphatic heterocycles. The number of benzene rings is 2. The van der Waals surface area contributed by atoms with Crippen molar-refractivity contribution >= 4 is 34.9 Å². The van der Waals surface area contributed by atoms with E-state index in [-0.39, 0.29) is 18.2 Å². The smallest absolute Gasteiger partial charge is 0.303 e. The van der Waals surface area contributed by atoms with Gasteiger partial charge in [0.05, 0.1) is 11.4 Å². The molecule has 1 amide bonds. The lowest BCUT2D eigenvalue weighted by molar-refractivity contribution is -0.137. The number of aliphatic carboxylic acids is 1. The summed E-state index contributed by atoms with van der Waals surface area (Å²) < 4.78 is 0. The van der Waals surface area contributed by atoms with Crippen molar-refractivity contribution in [3.63, 3.8) is 0 Å². The molecule has 1 heterocycles. The summed E-state index contributed by atoms with van der Waals surface area (Å²) >= 11 is 6.33. The Morgan fingerprint density at radius 1 is 1.17 bits per heavy atom. The Bertz CT molecular complexity index is 939. The quantitative estimate of drug-likeness (QED) is 0.631. The van der Waals surface area contributed by atoms with E-state index in [4.69, 9.17) is 21.7 Å². The van der Waals surface area contributed by atoms with E-state index in [1.165, 1.54) is 0 Å². The van der Waals surface area contributed by atoms with E-state index in [0.29, 0.717) is 18.0 Å². The monoisotopic (exact) mass is 426 g/mol. The zero-order valence-corrected chi connectivity index (χ0v) is 18.1. The van der Waals surface area contributed by atoms with E-state index in [9.17, 15) is 9.59 Å². The molecule has 5 nitrogen and oxygen atoms in total. The molecule has 3 rings (SSSR count). The molecule has 2 aromatic carbocycles. The van der Waals surface area contributed by atoms with E-state index in [1.54, 1.807) is 11.0 Å². The van der Waals surface area contributed by atoms with Gasteiger partial charge in [0, 0.05) is 29.1 Å². The Morgan fingerprint density at radius 3 is 2.50 bits per heavy atom. The molecular formula is C24H27ClN2O3. The van der Waals surface area contributed by atoms with Crippen LogP contribution in [0.25, 0.3) is 0 Å². The standard InChI is InChI=1S/C24H27ClN2O3/c1-3-16(4-2)23-24(30)27(14-8-11-21(28)29)20-13-12-18(25)15-19(20)22(26-23)17-9-6-5-7-10-17/h5-7,9-10,12-13,15-16,23H,3-4,8,11,14H2,1-2H3,(H,28,29)/t23-/m0/s1. The molecule has 0 fully saturated rings. The van der Waals surface area contributed by atoms with Crippen LogP contribution in [0.15, 0.2) is 53.5 Å². The molecule has 0 saturated heterocycles. The maximum atomic E-state index is 13.6. The summed E-state index contributed by atoms with van der Waals surface area (Å²) in [7, 11) is 0. The number of carboxylic acid groups (broad SMARTS) is 1. The van der Waals surface area contributed by atoms with Crippen LogP contribution in [0, 0.1) is 5.92 Å². The maximum Gasteiger partial charge on any atom is 0.303 e. The molecule has 0 aromatic heterocycles. The minimum atomic E-state index is -0.869. The molecule has 0 unspecified atom stereocenters. The fourth-order valence-corrected chi connectivity index (χ4v) is 4.13. The number of anilines is 1. The van der Waals surface area contributed by atoms with Gasteiger partial charge in [-0.25, -0.2) is 0 Å². The molecule has 0 bridgehead atoms. The zero-order chi connectivity index (χ0) is 21.7. The number of carboxylic acids is 1. The van der Waals surface area contributed by atoms with Crippen LogP contribution in [-0.4, -0.2) is 35.3 Å². The Morgan fingerprint density at radius 2 is 1.87 bits per heavy atom. The average molecular weight is 427 g/mol. The molecule has 0 radical (unpaired) electrons. The lowest BCUT2D eigenvalue weighted by Gasteiger charge is -2.28. The number of carbonyl (C=O) groups excluding carboxylic acids is 1.